The lowest BCUT2D eigenvalue weighted by atomic mass is 9.91. The van der Waals surface area contributed by atoms with Gasteiger partial charge < -0.3 is 4.90 Å². The lowest BCUT2D eigenvalue weighted by Gasteiger charge is -2.32. The Kier molecular flexibility index (Phi) is 5.03. The summed E-state index contributed by atoms with van der Waals surface area (Å²) < 4.78 is 41.7. The van der Waals surface area contributed by atoms with Crippen LogP contribution in [0.25, 0.3) is 5.65 Å². The van der Waals surface area contributed by atoms with Crippen LogP contribution in [-0.2, 0) is 19.0 Å². The topological polar surface area (TPSA) is 50.5 Å². The molecule has 0 N–H and O–H groups in total. The van der Waals surface area contributed by atoms with Crippen LogP contribution in [0.4, 0.5) is 13.2 Å². The van der Waals surface area contributed by atoms with Crippen LogP contribution >= 0.6 is 11.3 Å². The number of fused-ring (bicyclic) bond motifs is 2. The standard InChI is InChI=1S/C22H23F3N4OS/c1-13-10-20-26-17(11-19(22(23,24)25)29(20)27-13)14-6-8-28(9-7-14)21(30)16-12-31-18-5-3-2-4-15(16)18/h10-12,14H,2-9H2,1H3. The number of hydrogen-bond donors (Lipinski definition) is 0. The Morgan fingerprint density at radius 3 is 2.65 bits per heavy atom. The van der Waals surface area contributed by atoms with Crippen LogP contribution in [0.3, 0.4) is 0 Å². The predicted molar refractivity (Wildman–Crippen MR) is 112 cm³/mol. The normalized spacial score (nSPS) is 17.9. The molecule has 2 aliphatic rings. The fraction of sp³-hybridized carbons (Fsp3) is 0.500. The number of amides is 1. The summed E-state index contributed by atoms with van der Waals surface area (Å²) in [7, 11) is 0. The van der Waals surface area contributed by atoms with Gasteiger partial charge in [-0.25, -0.2) is 9.50 Å². The van der Waals surface area contributed by atoms with Gasteiger partial charge in [-0.1, -0.05) is 0 Å². The SMILES string of the molecule is Cc1cc2nc(C3CCN(C(=O)c4csc5c4CCCC5)CC3)cc(C(F)(F)F)n2n1. The average Bonchev–Trinajstić information content (AvgIpc) is 3.34. The van der Waals surface area contributed by atoms with Gasteiger partial charge in [0.05, 0.1) is 11.3 Å². The summed E-state index contributed by atoms with van der Waals surface area (Å²) in [5, 5.41) is 5.93. The van der Waals surface area contributed by atoms with E-state index in [0.29, 0.717) is 37.3 Å². The van der Waals surface area contributed by atoms with Gasteiger partial charge in [-0.2, -0.15) is 18.3 Å². The Hall–Kier alpha value is -2.42. The summed E-state index contributed by atoms with van der Waals surface area (Å²) in [5.41, 5.74) is 2.37. The second kappa shape index (κ2) is 7.62. The van der Waals surface area contributed by atoms with E-state index in [1.165, 1.54) is 16.9 Å². The number of rotatable bonds is 2. The van der Waals surface area contributed by atoms with E-state index in [1.54, 1.807) is 24.3 Å². The maximum Gasteiger partial charge on any atom is 0.433 e. The van der Waals surface area contributed by atoms with Gasteiger partial charge in [0.15, 0.2) is 5.65 Å². The van der Waals surface area contributed by atoms with Crippen LogP contribution in [-0.4, -0.2) is 38.5 Å². The van der Waals surface area contributed by atoms with E-state index in [-0.39, 0.29) is 17.5 Å². The summed E-state index contributed by atoms with van der Waals surface area (Å²) >= 11 is 1.68. The molecule has 4 heterocycles. The Labute approximate surface area is 181 Å². The zero-order valence-corrected chi connectivity index (χ0v) is 18.0. The van der Waals surface area contributed by atoms with Gasteiger partial charge in [-0.15, -0.1) is 11.3 Å². The van der Waals surface area contributed by atoms with E-state index in [9.17, 15) is 18.0 Å². The molecule has 3 aromatic rings. The van der Waals surface area contributed by atoms with Crippen LogP contribution in [0.2, 0.25) is 0 Å². The van der Waals surface area contributed by atoms with Gasteiger partial charge in [-0.3, -0.25) is 4.79 Å². The number of hydrogen-bond acceptors (Lipinski definition) is 4. The molecule has 0 atom stereocenters. The number of likely N-dealkylation sites (tertiary alicyclic amines) is 1. The van der Waals surface area contributed by atoms with Crippen LogP contribution in [0.15, 0.2) is 17.5 Å². The highest BCUT2D eigenvalue weighted by molar-refractivity contribution is 7.10. The van der Waals surface area contributed by atoms with Gasteiger partial charge in [-0.05, 0) is 57.1 Å². The highest BCUT2D eigenvalue weighted by Crippen LogP contribution is 2.35. The van der Waals surface area contributed by atoms with Crippen molar-refractivity contribution in [2.24, 2.45) is 0 Å². The van der Waals surface area contributed by atoms with E-state index in [4.69, 9.17) is 0 Å². The van der Waals surface area contributed by atoms with Crippen molar-refractivity contribution in [3.8, 4) is 0 Å². The first-order valence-corrected chi connectivity index (χ1v) is 11.5. The Morgan fingerprint density at radius 2 is 1.90 bits per heavy atom. The molecule has 1 fully saturated rings. The largest absolute Gasteiger partial charge is 0.433 e. The Bertz CT molecular complexity index is 1140. The maximum atomic E-state index is 13.6. The van der Waals surface area contributed by atoms with Crippen molar-refractivity contribution < 1.29 is 18.0 Å². The van der Waals surface area contributed by atoms with Crippen molar-refractivity contribution in [1.29, 1.82) is 0 Å². The number of carbonyl (C=O) groups excluding carboxylic acids is 1. The first-order chi connectivity index (χ1) is 14.8. The van der Waals surface area contributed by atoms with Crippen molar-refractivity contribution in [1.82, 2.24) is 19.5 Å². The number of piperidine rings is 1. The summed E-state index contributed by atoms with van der Waals surface area (Å²) in [5.74, 6) is -0.0506. The molecule has 5 nitrogen and oxygen atoms in total. The third-order valence-electron chi connectivity index (χ3n) is 6.35. The third kappa shape index (κ3) is 3.73. The smallest absolute Gasteiger partial charge is 0.339 e. The first kappa shape index (κ1) is 20.5. The number of alkyl halides is 3. The minimum atomic E-state index is -4.51. The zero-order chi connectivity index (χ0) is 21.8. The summed E-state index contributed by atoms with van der Waals surface area (Å²) in [6.07, 6.45) is 1.02. The zero-order valence-electron chi connectivity index (χ0n) is 17.2. The molecule has 0 bridgehead atoms. The minimum absolute atomic E-state index is 0.0589. The fourth-order valence-electron chi connectivity index (χ4n) is 4.74. The number of aryl methyl sites for hydroxylation is 2. The number of halogens is 3. The van der Waals surface area contributed by atoms with Crippen molar-refractivity contribution >= 4 is 22.9 Å². The van der Waals surface area contributed by atoms with E-state index in [1.807, 2.05) is 10.3 Å². The van der Waals surface area contributed by atoms with Crippen LogP contribution in [0.1, 0.15) is 69.5 Å². The summed E-state index contributed by atoms with van der Waals surface area (Å²) in [6, 6.07) is 2.69. The van der Waals surface area contributed by atoms with Crippen LogP contribution in [0.5, 0.6) is 0 Å². The molecule has 0 radical (unpaired) electrons. The molecule has 1 aliphatic carbocycles. The highest BCUT2D eigenvalue weighted by atomic mass is 32.1. The lowest BCUT2D eigenvalue weighted by molar-refractivity contribution is -0.142. The molecule has 0 aromatic carbocycles. The van der Waals surface area contributed by atoms with Gasteiger partial charge in [0.1, 0.15) is 5.69 Å². The van der Waals surface area contributed by atoms with Crippen molar-refractivity contribution in [2.45, 2.75) is 57.5 Å². The monoisotopic (exact) mass is 448 g/mol. The Morgan fingerprint density at radius 1 is 1.16 bits per heavy atom. The van der Waals surface area contributed by atoms with Crippen molar-refractivity contribution in [2.75, 3.05) is 13.1 Å². The second-order valence-electron chi connectivity index (χ2n) is 8.44. The molecule has 0 saturated carbocycles. The van der Waals surface area contributed by atoms with Crippen molar-refractivity contribution in [3.63, 3.8) is 0 Å². The molecule has 3 aromatic heterocycles. The van der Waals surface area contributed by atoms with Crippen LogP contribution in [0, 0.1) is 6.92 Å². The van der Waals surface area contributed by atoms with Gasteiger partial charge in [0.2, 0.25) is 0 Å². The number of thiophene rings is 1. The molecule has 1 saturated heterocycles. The number of aromatic nitrogens is 3. The molecule has 9 heteroatoms. The fourth-order valence-corrected chi connectivity index (χ4v) is 5.86. The quantitative estimate of drug-likeness (QED) is 0.553. The molecule has 164 valence electrons. The van der Waals surface area contributed by atoms with Gasteiger partial charge in [0.25, 0.3) is 5.91 Å². The minimum Gasteiger partial charge on any atom is -0.339 e. The average molecular weight is 449 g/mol. The molecule has 0 unspecified atom stereocenters. The predicted octanol–water partition coefficient (Wildman–Crippen LogP) is 5.02. The summed E-state index contributed by atoms with van der Waals surface area (Å²) in [4.78, 5) is 20.7. The van der Waals surface area contributed by atoms with Crippen LogP contribution < -0.4 is 0 Å². The Balaban J connectivity index is 1.35. The molecular weight excluding hydrogens is 425 g/mol. The van der Waals surface area contributed by atoms with E-state index in [0.717, 1.165) is 35.4 Å². The molecule has 1 amide bonds. The first-order valence-electron chi connectivity index (χ1n) is 10.6. The molecule has 5 rings (SSSR count). The highest BCUT2D eigenvalue weighted by Gasteiger charge is 2.36. The third-order valence-corrected chi connectivity index (χ3v) is 7.44. The number of carbonyl (C=O) groups is 1. The summed E-state index contributed by atoms with van der Waals surface area (Å²) in [6.45, 7) is 2.71. The number of nitrogens with zero attached hydrogens (tertiary/aromatic N) is 4. The van der Waals surface area contributed by atoms with E-state index in [2.05, 4.69) is 10.1 Å². The van der Waals surface area contributed by atoms with Gasteiger partial charge in [0, 0.05) is 41.0 Å². The van der Waals surface area contributed by atoms with E-state index >= 15 is 0 Å². The molecular formula is C22H23F3N4OS. The lowest BCUT2D eigenvalue weighted by Crippen LogP contribution is -2.38. The van der Waals surface area contributed by atoms with E-state index < -0.39 is 11.9 Å². The van der Waals surface area contributed by atoms with Crippen molar-refractivity contribution in [3.05, 3.63) is 50.6 Å². The second-order valence-corrected chi connectivity index (χ2v) is 9.41. The molecule has 1 aliphatic heterocycles. The molecule has 0 spiro atoms. The maximum absolute atomic E-state index is 13.6. The molecule has 31 heavy (non-hydrogen) atoms. The van der Waals surface area contributed by atoms with Gasteiger partial charge >= 0.3 is 6.18 Å².